The van der Waals surface area contributed by atoms with Crippen LogP contribution in [0.2, 0.25) is 0 Å². The maximum Gasteiger partial charge on any atom is 0.325 e. The highest BCUT2D eigenvalue weighted by molar-refractivity contribution is 6.36. The van der Waals surface area contributed by atoms with Gasteiger partial charge in [-0.05, 0) is 30.7 Å². The van der Waals surface area contributed by atoms with E-state index in [0.29, 0.717) is 29.1 Å². The Bertz CT molecular complexity index is 1060. The minimum absolute atomic E-state index is 0.275. The minimum Gasteiger partial charge on any atom is -0.487 e. The van der Waals surface area contributed by atoms with E-state index in [4.69, 9.17) is 9.47 Å². The van der Waals surface area contributed by atoms with Gasteiger partial charge in [0, 0.05) is 28.9 Å². The molecule has 30 heavy (non-hydrogen) atoms. The van der Waals surface area contributed by atoms with Crippen LogP contribution < -0.4 is 10.6 Å². The summed E-state index contributed by atoms with van der Waals surface area (Å²) in [7, 11) is 1.27. The molecule has 0 saturated heterocycles. The number of aliphatic hydroxyl groups excluding tert-OH is 1. The van der Waals surface area contributed by atoms with Crippen molar-refractivity contribution in [2.45, 2.75) is 32.2 Å². The second-order valence-corrected chi connectivity index (χ2v) is 7.25. The van der Waals surface area contributed by atoms with Gasteiger partial charge < -0.3 is 19.9 Å². The Kier molecular flexibility index (Phi) is 5.27. The molecule has 0 radical (unpaired) electrons. The molecular weight excluding hydrogens is 391 g/mol. The van der Waals surface area contributed by atoms with Crippen LogP contribution >= 0.6 is 0 Å². The van der Waals surface area contributed by atoms with E-state index < -0.39 is 23.9 Å². The Balaban J connectivity index is 1.61. The van der Waals surface area contributed by atoms with Crippen LogP contribution in [0.25, 0.3) is 11.3 Å². The summed E-state index contributed by atoms with van der Waals surface area (Å²) in [6, 6.07) is 8.89. The quantitative estimate of drug-likeness (QED) is 0.515. The summed E-state index contributed by atoms with van der Waals surface area (Å²) in [5.41, 5.74) is 3.86. The van der Waals surface area contributed by atoms with Gasteiger partial charge in [-0.1, -0.05) is 18.2 Å². The van der Waals surface area contributed by atoms with Crippen LogP contribution in [0.3, 0.4) is 0 Å². The molecule has 0 aromatic heterocycles. The summed E-state index contributed by atoms with van der Waals surface area (Å²) in [6.07, 6.45) is -0.909. The standard InChI is InChI=1S/C22H21FN2O5/c1-11(26)19(22(28)29-2)24-9-12-3-5-15-13(7-12)10-30-20(15)18-16-8-14(23)4-6-17(16)25-21(18)27/h3-8,11,19,24,26H,9-10H2,1-2H3,(H,25,27). The number of benzene rings is 2. The van der Waals surface area contributed by atoms with Gasteiger partial charge in [-0.2, -0.15) is 0 Å². The van der Waals surface area contributed by atoms with E-state index >= 15 is 0 Å². The van der Waals surface area contributed by atoms with Crippen LogP contribution in [0, 0.1) is 5.82 Å². The lowest BCUT2D eigenvalue weighted by Crippen LogP contribution is -2.45. The Hall–Kier alpha value is -3.23. The van der Waals surface area contributed by atoms with E-state index in [2.05, 4.69) is 10.6 Å². The molecule has 2 atom stereocenters. The summed E-state index contributed by atoms with van der Waals surface area (Å²) in [5, 5.41) is 15.5. The Morgan fingerprint density at radius 1 is 1.30 bits per heavy atom. The van der Waals surface area contributed by atoms with Crippen molar-refractivity contribution < 1.29 is 28.6 Å². The second-order valence-electron chi connectivity index (χ2n) is 7.25. The van der Waals surface area contributed by atoms with Crippen molar-refractivity contribution in [1.29, 1.82) is 0 Å². The molecule has 0 aliphatic carbocycles. The number of hydrogen-bond acceptors (Lipinski definition) is 6. The number of rotatable bonds is 5. The van der Waals surface area contributed by atoms with Crippen molar-refractivity contribution in [2.75, 3.05) is 12.4 Å². The number of amides is 1. The van der Waals surface area contributed by atoms with Crippen molar-refractivity contribution in [3.63, 3.8) is 0 Å². The van der Waals surface area contributed by atoms with E-state index in [0.717, 1.165) is 16.7 Å². The number of carbonyl (C=O) groups is 2. The average molecular weight is 412 g/mol. The molecule has 156 valence electrons. The number of anilines is 1. The number of carbonyl (C=O) groups excluding carboxylic acids is 2. The van der Waals surface area contributed by atoms with E-state index in [1.54, 1.807) is 0 Å². The third-order valence-electron chi connectivity index (χ3n) is 5.20. The maximum absolute atomic E-state index is 13.7. The predicted octanol–water partition coefficient (Wildman–Crippen LogP) is 2.19. The molecule has 3 N–H and O–H groups in total. The van der Waals surface area contributed by atoms with Gasteiger partial charge in [0.25, 0.3) is 5.91 Å². The molecule has 7 nitrogen and oxygen atoms in total. The Morgan fingerprint density at radius 2 is 2.10 bits per heavy atom. The number of aliphatic hydroxyl groups is 1. The fraction of sp³-hybridized carbons (Fsp3) is 0.273. The highest BCUT2D eigenvalue weighted by Gasteiger charge is 2.33. The zero-order chi connectivity index (χ0) is 21.4. The lowest BCUT2D eigenvalue weighted by Gasteiger charge is -2.19. The molecule has 4 rings (SSSR count). The van der Waals surface area contributed by atoms with Gasteiger partial charge >= 0.3 is 5.97 Å². The van der Waals surface area contributed by atoms with E-state index in [9.17, 15) is 19.1 Å². The first-order chi connectivity index (χ1) is 14.4. The van der Waals surface area contributed by atoms with Gasteiger partial charge in [-0.25, -0.2) is 4.39 Å². The van der Waals surface area contributed by atoms with Gasteiger partial charge in [0.2, 0.25) is 0 Å². The van der Waals surface area contributed by atoms with Crippen LogP contribution in [-0.4, -0.2) is 36.2 Å². The number of nitrogens with one attached hydrogen (secondary N) is 2. The molecule has 2 unspecified atom stereocenters. The van der Waals surface area contributed by atoms with Crippen LogP contribution in [0.4, 0.5) is 10.1 Å². The van der Waals surface area contributed by atoms with Crippen molar-refractivity contribution in [3.05, 3.63) is 64.5 Å². The summed E-state index contributed by atoms with van der Waals surface area (Å²) in [4.78, 5) is 24.3. The van der Waals surface area contributed by atoms with Crippen molar-refractivity contribution in [1.82, 2.24) is 5.32 Å². The molecule has 2 aliphatic rings. The largest absolute Gasteiger partial charge is 0.487 e. The number of ether oxygens (including phenoxy) is 2. The Morgan fingerprint density at radius 3 is 2.83 bits per heavy atom. The molecule has 0 spiro atoms. The molecular formula is C22H21FN2O5. The van der Waals surface area contributed by atoms with Crippen LogP contribution in [0.1, 0.15) is 29.2 Å². The van der Waals surface area contributed by atoms with Crippen LogP contribution in [0.15, 0.2) is 36.4 Å². The van der Waals surface area contributed by atoms with Gasteiger partial charge in [-0.15, -0.1) is 0 Å². The van der Waals surface area contributed by atoms with E-state index in [-0.39, 0.29) is 12.5 Å². The first-order valence-corrected chi connectivity index (χ1v) is 9.49. The van der Waals surface area contributed by atoms with E-state index in [1.807, 2.05) is 18.2 Å². The van der Waals surface area contributed by atoms with Crippen LogP contribution in [-0.2, 0) is 32.2 Å². The zero-order valence-corrected chi connectivity index (χ0v) is 16.5. The highest BCUT2D eigenvalue weighted by Crippen LogP contribution is 2.41. The molecule has 2 heterocycles. The number of hydrogen-bond donors (Lipinski definition) is 3. The van der Waals surface area contributed by atoms with Crippen LogP contribution in [0.5, 0.6) is 0 Å². The molecule has 0 bridgehead atoms. The highest BCUT2D eigenvalue weighted by atomic mass is 19.1. The number of methoxy groups -OCH3 is 1. The lowest BCUT2D eigenvalue weighted by molar-refractivity contribution is -0.145. The summed E-state index contributed by atoms with van der Waals surface area (Å²) in [5.74, 6) is -0.884. The minimum atomic E-state index is -0.909. The topological polar surface area (TPSA) is 96.9 Å². The van der Waals surface area contributed by atoms with Crippen molar-refractivity contribution in [3.8, 4) is 0 Å². The monoisotopic (exact) mass is 412 g/mol. The Labute approximate surface area is 172 Å². The fourth-order valence-electron chi connectivity index (χ4n) is 3.70. The summed E-state index contributed by atoms with van der Waals surface area (Å²) < 4.78 is 24.2. The maximum atomic E-state index is 13.7. The van der Waals surface area contributed by atoms with Gasteiger partial charge in [0.05, 0.1) is 18.8 Å². The smallest absolute Gasteiger partial charge is 0.325 e. The molecule has 2 aromatic carbocycles. The van der Waals surface area contributed by atoms with E-state index in [1.165, 1.54) is 32.2 Å². The number of halogens is 1. The summed E-state index contributed by atoms with van der Waals surface area (Å²) >= 11 is 0. The second kappa shape index (κ2) is 7.89. The first kappa shape index (κ1) is 20.1. The zero-order valence-electron chi connectivity index (χ0n) is 16.5. The third-order valence-corrected chi connectivity index (χ3v) is 5.20. The molecule has 0 saturated carbocycles. The van der Waals surface area contributed by atoms with Gasteiger partial charge in [0.15, 0.2) is 0 Å². The predicted molar refractivity (Wildman–Crippen MR) is 107 cm³/mol. The number of esters is 1. The molecule has 2 aliphatic heterocycles. The molecule has 1 amide bonds. The van der Waals surface area contributed by atoms with Crippen molar-refractivity contribution >= 4 is 28.9 Å². The first-order valence-electron chi connectivity index (χ1n) is 9.49. The normalized spacial score (nSPS) is 18.9. The SMILES string of the molecule is COC(=O)C(NCc1ccc2c(c1)COC2=C1C(=O)Nc2ccc(F)cc21)C(C)O. The molecule has 0 fully saturated rings. The van der Waals surface area contributed by atoms with Gasteiger partial charge in [0.1, 0.15) is 24.2 Å². The summed E-state index contributed by atoms with van der Waals surface area (Å²) in [6.45, 7) is 2.12. The lowest BCUT2D eigenvalue weighted by atomic mass is 9.99. The molecule has 2 aromatic rings. The molecule has 8 heteroatoms. The van der Waals surface area contributed by atoms with Crippen molar-refractivity contribution in [2.24, 2.45) is 0 Å². The fourth-order valence-corrected chi connectivity index (χ4v) is 3.70. The third kappa shape index (κ3) is 3.55. The average Bonchev–Trinajstić information content (AvgIpc) is 3.26. The van der Waals surface area contributed by atoms with Gasteiger partial charge in [-0.3, -0.25) is 14.9 Å². The number of fused-ring (bicyclic) bond motifs is 2.